The van der Waals surface area contributed by atoms with Gasteiger partial charge in [0.2, 0.25) is 0 Å². The minimum Gasteiger partial charge on any atom is -0.310 e. The van der Waals surface area contributed by atoms with Crippen LogP contribution in [0.4, 0.5) is 0 Å². The van der Waals surface area contributed by atoms with Gasteiger partial charge in [-0.15, -0.1) is 0 Å². The lowest BCUT2D eigenvalue weighted by atomic mass is 10.3. The monoisotopic (exact) mass is 299 g/mol. The second-order valence-corrected chi connectivity index (χ2v) is 5.30. The first-order chi connectivity index (χ1) is 10.8. The molecule has 2 aromatic heterocycles. The van der Waals surface area contributed by atoms with Crippen LogP contribution in [0, 0.1) is 0 Å². The van der Waals surface area contributed by atoms with Crippen LogP contribution in [0.15, 0.2) is 48.8 Å². The molecule has 0 saturated carbocycles. The van der Waals surface area contributed by atoms with Gasteiger partial charge in [0.1, 0.15) is 0 Å². The van der Waals surface area contributed by atoms with Crippen molar-refractivity contribution in [1.29, 1.82) is 0 Å². The molecule has 2 N–H and O–H groups in total. The maximum Gasteiger partial charge on any atom is 0.0541 e. The number of nitrogens with zero attached hydrogens (tertiary/aromatic N) is 3. The minimum atomic E-state index is 0.826. The zero-order chi connectivity index (χ0) is 15.5. The second-order valence-electron chi connectivity index (χ2n) is 5.30. The quantitative estimate of drug-likeness (QED) is 0.648. The number of hydrogen-bond acceptors (Lipinski definition) is 5. The van der Waals surface area contributed by atoms with E-state index in [-0.39, 0.29) is 0 Å². The third kappa shape index (κ3) is 6.76. The van der Waals surface area contributed by atoms with Crippen LogP contribution < -0.4 is 10.6 Å². The molecule has 0 radical (unpaired) electrons. The van der Waals surface area contributed by atoms with Gasteiger partial charge in [0.15, 0.2) is 0 Å². The third-order valence-electron chi connectivity index (χ3n) is 3.41. The molecule has 0 saturated heterocycles. The average molecular weight is 299 g/mol. The maximum absolute atomic E-state index is 4.29. The molecule has 118 valence electrons. The Labute approximate surface area is 132 Å². The van der Waals surface area contributed by atoms with Crippen molar-refractivity contribution in [3.8, 4) is 0 Å². The Morgan fingerprint density at radius 2 is 1.32 bits per heavy atom. The maximum atomic E-state index is 4.29. The fourth-order valence-corrected chi connectivity index (χ4v) is 2.09. The highest BCUT2D eigenvalue weighted by molar-refractivity contribution is 5.03. The summed E-state index contributed by atoms with van der Waals surface area (Å²) < 4.78 is 0. The van der Waals surface area contributed by atoms with Gasteiger partial charge >= 0.3 is 0 Å². The highest BCUT2D eigenvalue weighted by Crippen LogP contribution is 1.92. The van der Waals surface area contributed by atoms with Crippen LogP contribution in [0.1, 0.15) is 11.4 Å². The lowest BCUT2D eigenvalue weighted by Gasteiger charge is -2.17. The summed E-state index contributed by atoms with van der Waals surface area (Å²) in [6.07, 6.45) is 3.66. The highest BCUT2D eigenvalue weighted by Gasteiger charge is 1.99. The van der Waals surface area contributed by atoms with E-state index in [0.717, 1.165) is 50.7 Å². The number of nitrogens with one attached hydrogen (secondary N) is 2. The van der Waals surface area contributed by atoms with Crippen LogP contribution in [-0.2, 0) is 13.1 Å². The van der Waals surface area contributed by atoms with E-state index in [0.29, 0.717) is 0 Å². The minimum absolute atomic E-state index is 0.826. The van der Waals surface area contributed by atoms with Gasteiger partial charge in [0, 0.05) is 51.7 Å². The van der Waals surface area contributed by atoms with Crippen LogP contribution in [-0.4, -0.2) is 48.1 Å². The first-order valence-electron chi connectivity index (χ1n) is 7.74. The molecule has 2 rings (SSSR count). The lowest BCUT2D eigenvalue weighted by molar-refractivity contribution is 0.328. The van der Waals surface area contributed by atoms with E-state index in [9.17, 15) is 0 Å². The van der Waals surface area contributed by atoms with Gasteiger partial charge < -0.3 is 15.5 Å². The van der Waals surface area contributed by atoms with Crippen LogP contribution in [0.5, 0.6) is 0 Å². The van der Waals surface area contributed by atoms with Crippen LogP contribution >= 0.6 is 0 Å². The molecular formula is C17H25N5. The van der Waals surface area contributed by atoms with Crippen molar-refractivity contribution in [2.75, 3.05) is 33.2 Å². The molecule has 0 atom stereocenters. The summed E-state index contributed by atoms with van der Waals surface area (Å²) in [5, 5.41) is 6.83. The molecule has 5 heteroatoms. The lowest BCUT2D eigenvalue weighted by Crippen LogP contribution is -2.34. The van der Waals surface area contributed by atoms with Crippen molar-refractivity contribution in [2.24, 2.45) is 0 Å². The summed E-state index contributed by atoms with van der Waals surface area (Å²) in [5.74, 6) is 0. The Balaban J connectivity index is 1.48. The van der Waals surface area contributed by atoms with E-state index in [1.54, 1.807) is 0 Å². The first-order valence-corrected chi connectivity index (χ1v) is 7.74. The molecule has 2 aromatic rings. The van der Waals surface area contributed by atoms with Gasteiger partial charge in [-0.25, -0.2) is 0 Å². The zero-order valence-electron chi connectivity index (χ0n) is 13.2. The smallest absolute Gasteiger partial charge is 0.0541 e. The van der Waals surface area contributed by atoms with E-state index < -0.39 is 0 Å². The summed E-state index contributed by atoms with van der Waals surface area (Å²) in [6, 6.07) is 12.0. The van der Waals surface area contributed by atoms with Crippen molar-refractivity contribution in [2.45, 2.75) is 13.1 Å². The average Bonchev–Trinajstić information content (AvgIpc) is 2.57. The fraction of sp³-hybridized carbons (Fsp3) is 0.412. The van der Waals surface area contributed by atoms with Crippen molar-refractivity contribution < 1.29 is 0 Å². The molecule has 0 spiro atoms. The molecule has 5 nitrogen and oxygen atoms in total. The van der Waals surface area contributed by atoms with Crippen molar-refractivity contribution in [1.82, 2.24) is 25.5 Å². The number of rotatable bonds is 10. The predicted octanol–water partition coefficient (Wildman–Crippen LogP) is 1.29. The molecular weight excluding hydrogens is 274 g/mol. The topological polar surface area (TPSA) is 53.1 Å². The van der Waals surface area contributed by atoms with E-state index in [1.165, 1.54) is 0 Å². The van der Waals surface area contributed by atoms with E-state index >= 15 is 0 Å². The Kier molecular flexibility index (Phi) is 7.52. The number of pyridine rings is 2. The molecule has 0 unspecified atom stereocenters. The molecule has 22 heavy (non-hydrogen) atoms. The summed E-state index contributed by atoms with van der Waals surface area (Å²) in [4.78, 5) is 10.9. The van der Waals surface area contributed by atoms with Crippen LogP contribution in [0.2, 0.25) is 0 Å². The summed E-state index contributed by atoms with van der Waals surface area (Å²) in [7, 11) is 2.14. The van der Waals surface area contributed by atoms with Gasteiger partial charge in [-0.3, -0.25) is 9.97 Å². The van der Waals surface area contributed by atoms with Crippen LogP contribution in [0.25, 0.3) is 0 Å². The molecule has 0 aliphatic heterocycles. The standard InChI is InChI=1S/C17H25N5/c1-22(12-10-18-14-16-6-2-4-8-20-16)13-11-19-15-17-7-3-5-9-21-17/h2-9,18-19H,10-15H2,1H3. The fourth-order valence-electron chi connectivity index (χ4n) is 2.09. The molecule has 2 heterocycles. The number of aromatic nitrogens is 2. The van der Waals surface area contributed by atoms with Gasteiger partial charge in [-0.05, 0) is 31.3 Å². The normalized spacial score (nSPS) is 11.0. The molecule has 0 bridgehead atoms. The van der Waals surface area contributed by atoms with Crippen LogP contribution in [0.3, 0.4) is 0 Å². The van der Waals surface area contributed by atoms with E-state index in [4.69, 9.17) is 0 Å². The van der Waals surface area contributed by atoms with E-state index in [1.807, 2.05) is 48.8 Å². The summed E-state index contributed by atoms with van der Waals surface area (Å²) in [6.45, 7) is 5.63. The molecule has 0 aliphatic rings. The summed E-state index contributed by atoms with van der Waals surface area (Å²) >= 11 is 0. The molecule has 0 aromatic carbocycles. The number of hydrogen-bond donors (Lipinski definition) is 2. The Hall–Kier alpha value is -1.82. The number of likely N-dealkylation sites (N-methyl/N-ethyl adjacent to an activating group) is 1. The van der Waals surface area contributed by atoms with Gasteiger partial charge in [0.05, 0.1) is 11.4 Å². The summed E-state index contributed by atoms with van der Waals surface area (Å²) in [5.41, 5.74) is 2.17. The second kappa shape index (κ2) is 10.00. The Morgan fingerprint density at radius 1 is 0.818 bits per heavy atom. The largest absolute Gasteiger partial charge is 0.310 e. The Bertz CT molecular complexity index is 455. The molecule has 0 aliphatic carbocycles. The Morgan fingerprint density at radius 3 is 1.73 bits per heavy atom. The third-order valence-corrected chi connectivity index (χ3v) is 3.41. The van der Waals surface area contributed by atoms with Gasteiger partial charge in [0.25, 0.3) is 0 Å². The molecule has 0 fully saturated rings. The SMILES string of the molecule is CN(CCNCc1ccccn1)CCNCc1ccccn1. The van der Waals surface area contributed by atoms with E-state index in [2.05, 4.69) is 32.5 Å². The van der Waals surface area contributed by atoms with Gasteiger partial charge in [-0.2, -0.15) is 0 Å². The molecule has 0 amide bonds. The first kappa shape index (κ1) is 16.5. The van der Waals surface area contributed by atoms with Crippen molar-refractivity contribution in [3.63, 3.8) is 0 Å². The van der Waals surface area contributed by atoms with Gasteiger partial charge in [-0.1, -0.05) is 12.1 Å². The zero-order valence-corrected chi connectivity index (χ0v) is 13.2. The highest BCUT2D eigenvalue weighted by atomic mass is 15.1. The van der Waals surface area contributed by atoms with Crippen molar-refractivity contribution in [3.05, 3.63) is 60.2 Å². The predicted molar refractivity (Wildman–Crippen MR) is 89.4 cm³/mol. The van der Waals surface area contributed by atoms with Crippen molar-refractivity contribution >= 4 is 0 Å².